The molecule has 1 aromatic heterocycles. The number of aromatic nitrogens is 1. The predicted molar refractivity (Wildman–Crippen MR) is 248 cm³/mol. The van der Waals surface area contributed by atoms with Gasteiger partial charge in [-0.25, -0.2) is 0 Å². The van der Waals surface area contributed by atoms with Crippen LogP contribution >= 0.6 is 0 Å². The second kappa shape index (κ2) is 22.6. The maximum absolute atomic E-state index is 14.8. The molecule has 4 unspecified atom stereocenters. The van der Waals surface area contributed by atoms with E-state index in [2.05, 4.69) is 40.7 Å². The van der Waals surface area contributed by atoms with Gasteiger partial charge >= 0.3 is 0 Å². The maximum Gasteiger partial charge on any atom is 0.164 e. The van der Waals surface area contributed by atoms with Crippen LogP contribution in [0.15, 0.2) is 97.3 Å². The predicted octanol–water partition coefficient (Wildman–Crippen LogP) is 6.38. The number of carbonyl (C=O) groups is 1. The van der Waals surface area contributed by atoms with Crippen LogP contribution in [0.1, 0.15) is 76.3 Å². The fourth-order valence-electron chi connectivity index (χ4n) is 8.83. The van der Waals surface area contributed by atoms with E-state index in [1.165, 1.54) is 13.2 Å². The van der Waals surface area contributed by atoms with Crippen molar-refractivity contribution in [1.82, 2.24) is 15.6 Å². The second-order valence-corrected chi connectivity index (χ2v) is 16.7. The Hall–Kier alpha value is -5.89. The third-order valence-corrected chi connectivity index (χ3v) is 11.9. The second-order valence-electron chi connectivity index (χ2n) is 16.7. The molecule has 5 aromatic carbocycles. The third-order valence-electron chi connectivity index (χ3n) is 11.9. The summed E-state index contributed by atoms with van der Waals surface area (Å²) in [6.07, 6.45) is 4.16. The van der Waals surface area contributed by atoms with Gasteiger partial charge in [0.15, 0.2) is 23.0 Å². The lowest BCUT2D eigenvalue weighted by molar-refractivity contribution is -0.123. The summed E-state index contributed by atoms with van der Waals surface area (Å²) in [4.78, 5) is 19.1. The minimum atomic E-state index is -1.12. The zero-order valence-corrected chi connectivity index (χ0v) is 37.2. The molecular weight excluding hydrogens is 811 g/mol. The van der Waals surface area contributed by atoms with Crippen LogP contribution in [-0.4, -0.2) is 82.7 Å². The van der Waals surface area contributed by atoms with Crippen molar-refractivity contribution in [2.75, 3.05) is 34.0 Å². The highest BCUT2D eigenvalue weighted by molar-refractivity contribution is 5.90. The van der Waals surface area contributed by atoms with Gasteiger partial charge in [0.1, 0.15) is 18.3 Å². The number of carbonyl (C=O) groups excluding carboxylic acids is 1. The maximum atomic E-state index is 14.8. The SMILES string of the molecule is CCc1ccc2cccc(CCO)c2c1Cc1c(CC(Cc2cc[n-]c2)C(O)CC(=O)C(Cc2ccc(O)c(OCNCC(C)O)c2)c2cc(O)cc(CNC)c2)ccc(O)c1OC. The zero-order valence-electron chi connectivity index (χ0n) is 37.2. The molecule has 64 heavy (non-hydrogen) atoms. The molecule has 0 aliphatic heterocycles. The van der Waals surface area contributed by atoms with Gasteiger partial charge in [0.25, 0.3) is 0 Å². The van der Waals surface area contributed by atoms with Crippen molar-refractivity contribution in [2.24, 2.45) is 5.92 Å². The van der Waals surface area contributed by atoms with Crippen molar-refractivity contribution < 1.29 is 44.9 Å². The summed E-state index contributed by atoms with van der Waals surface area (Å²) < 4.78 is 11.7. The van der Waals surface area contributed by atoms with Crippen LogP contribution in [0.3, 0.4) is 0 Å². The molecule has 12 heteroatoms. The van der Waals surface area contributed by atoms with E-state index in [1.807, 2.05) is 30.3 Å². The minimum absolute atomic E-state index is 0.00154. The van der Waals surface area contributed by atoms with Crippen LogP contribution in [0.5, 0.6) is 28.7 Å². The van der Waals surface area contributed by atoms with Crippen molar-refractivity contribution >= 4 is 16.6 Å². The molecule has 12 nitrogen and oxygen atoms in total. The van der Waals surface area contributed by atoms with Gasteiger partial charge in [-0.15, -0.1) is 0 Å². The van der Waals surface area contributed by atoms with Crippen molar-refractivity contribution in [3.05, 3.63) is 147 Å². The monoisotopic (exact) mass is 872 g/mol. The molecule has 0 radical (unpaired) electrons. The highest BCUT2D eigenvalue weighted by Gasteiger charge is 2.30. The quantitative estimate of drug-likeness (QED) is 0.0247. The number of phenolic OH excluding ortho intramolecular Hbond substituents is 3. The molecule has 6 aromatic rings. The van der Waals surface area contributed by atoms with Gasteiger partial charge in [-0.05, 0) is 132 Å². The Morgan fingerprint density at radius 3 is 2.34 bits per heavy atom. The lowest BCUT2D eigenvalue weighted by atomic mass is 9.80. The molecule has 4 atom stereocenters. The molecule has 0 bridgehead atoms. The molecule has 0 spiro atoms. The van der Waals surface area contributed by atoms with Crippen LogP contribution in [0, 0.1) is 5.92 Å². The number of fused-ring (bicyclic) bond motifs is 1. The first-order chi connectivity index (χ1) is 30.9. The summed E-state index contributed by atoms with van der Waals surface area (Å²) >= 11 is 0. The average Bonchev–Trinajstić information content (AvgIpc) is 3.79. The number of aliphatic hydroxyl groups excluding tert-OH is 3. The Bertz CT molecular complexity index is 2470. The van der Waals surface area contributed by atoms with Crippen LogP contribution in [0.2, 0.25) is 0 Å². The number of rotatable bonds is 24. The first-order valence-corrected chi connectivity index (χ1v) is 22.0. The number of ketones is 1. The number of hydrogen-bond acceptors (Lipinski definition) is 11. The number of nitrogens with one attached hydrogen (secondary N) is 2. The van der Waals surface area contributed by atoms with Gasteiger partial charge in [0.05, 0.1) is 19.3 Å². The minimum Gasteiger partial charge on any atom is -0.670 e. The molecule has 1 heterocycles. The van der Waals surface area contributed by atoms with Gasteiger partial charge in [0.2, 0.25) is 0 Å². The number of nitrogens with zero attached hydrogens (tertiary/aromatic N) is 1. The summed E-state index contributed by atoms with van der Waals surface area (Å²) in [5.41, 5.74) is 7.83. The van der Waals surface area contributed by atoms with E-state index >= 15 is 0 Å². The summed E-state index contributed by atoms with van der Waals surface area (Å²) in [6, 6.07) is 25.7. The number of aryl methyl sites for hydroxylation is 1. The number of hydrogen-bond donors (Lipinski definition) is 8. The number of phenols is 3. The van der Waals surface area contributed by atoms with E-state index < -0.39 is 24.0 Å². The fourth-order valence-corrected chi connectivity index (χ4v) is 8.83. The number of aliphatic hydroxyl groups is 3. The number of Topliss-reactive ketones (excluding diaryl/α,β-unsaturated/α-hetero) is 1. The van der Waals surface area contributed by atoms with Gasteiger partial charge in [-0.3, -0.25) is 10.1 Å². The van der Waals surface area contributed by atoms with Crippen LogP contribution in [0.25, 0.3) is 10.8 Å². The van der Waals surface area contributed by atoms with Gasteiger partial charge in [-0.1, -0.05) is 67.1 Å². The highest BCUT2D eigenvalue weighted by Crippen LogP contribution is 2.40. The van der Waals surface area contributed by atoms with Gasteiger partial charge in [0, 0.05) is 44.0 Å². The number of methoxy groups -OCH3 is 1. The molecule has 340 valence electrons. The van der Waals surface area contributed by atoms with E-state index in [0.717, 1.165) is 56.1 Å². The molecule has 0 saturated heterocycles. The van der Waals surface area contributed by atoms with Crippen molar-refractivity contribution in [1.29, 1.82) is 0 Å². The fraction of sp³-hybridized carbons (Fsp3) is 0.365. The lowest BCUT2D eigenvalue weighted by Crippen LogP contribution is -2.30. The summed E-state index contributed by atoms with van der Waals surface area (Å²) in [6.45, 7) is 4.55. The van der Waals surface area contributed by atoms with E-state index in [1.54, 1.807) is 56.7 Å². The van der Waals surface area contributed by atoms with E-state index in [4.69, 9.17) is 9.47 Å². The summed E-state index contributed by atoms with van der Waals surface area (Å²) in [5.74, 6) is -1.04. The lowest BCUT2D eigenvalue weighted by Gasteiger charge is -2.27. The molecule has 0 saturated carbocycles. The number of ether oxygens (including phenoxy) is 2. The highest BCUT2D eigenvalue weighted by atomic mass is 16.5. The van der Waals surface area contributed by atoms with E-state index in [9.17, 15) is 35.4 Å². The average molecular weight is 873 g/mol. The first kappa shape index (κ1) is 47.6. The van der Waals surface area contributed by atoms with Crippen molar-refractivity contribution in [3.63, 3.8) is 0 Å². The Kier molecular flexibility index (Phi) is 16.8. The Morgan fingerprint density at radius 2 is 1.62 bits per heavy atom. The smallest absolute Gasteiger partial charge is 0.164 e. The molecule has 0 fully saturated rings. The Morgan fingerprint density at radius 1 is 0.828 bits per heavy atom. The van der Waals surface area contributed by atoms with E-state index in [-0.39, 0.29) is 55.0 Å². The molecule has 0 amide bonds. The van der Waals surface area contributed by atoms with E-state index in [0.29, 0.717) is 55.6 Å². The largest absolute Gasteiger partial charge is 0.670 e. The first-order valence-electron chi connectivity index (χ1n) is 22.0. The number of aromatic hydroxyl groups is 3. The van der Waals surface area contributed by atoms with Crippen molar-refractivity contribution in [3.8, 4) is 28.7 Å². The Labute approximate surface area is 375 Å². The van der Waals surface area contributed by atoms with Gasteiger partial charge in [-0.2, -0.15) is 12.4 Å². The Balaban J connectivity index is 1.36. The van der Waals surface area contributed by atoms with Gasteiger partial charge < -0.3 is 50.4 Å². The van der Waals surface area contributed by atoms with Crippen LogP contribution < -0.4 is 25.1 Å². The van der Waals surface area contributed by atoms with Crippen LogP contribution in [-0.2, 0) is 49.9 Å². The van der Waals surface area contributed by atoms with Crippen molar-refractivity contribution in [2.45, 2.75) is 83.5 Å². The molecule has 0 aliphatic rings. The normalized spacial score (nSPS) is 13.4. The summed E-state index contributed by atoms with van der Waals surface area (Å²) in [7, 11) is 3.33. The number of benzene rings is 5. The molecule has 0 aliphatic carbocycles. The topological polar surface area (TPSA) is 195 Å². The standard InChI is InChI=1S/C52H62N3O9/c1-5-36-10-11-37-7-6-8-38(16-18-56)51(37)44(36)26-45-39(12-14-47(60)52(45)63-4)24-41(19-34-15-17-54-30-34)48(61)27-49(62)43(40-20-35(29-53-3)21-42(58)25-40)22-33-9-13-46(59)50(23-33)64-31-55-28-32(2)57/h6-15,17,20-21,23,25,30,32,41,43,48,53,55-61H,5,16,18-19,22,24,26-29,31H2,1-4H3/q-1. The molecular formula is C52H62N3O9-. The third kappa shape index (κ3) is 12.0. The molecule has 8 N–H and O–H groups in total. The molecule has 6 rings (SSSR count). The van der Waals surface area contributed by atoms with Crippen LogP contribution in [0.4, 0.5) is 0 Å². The zero-order chi connectivity index (χ0) is 45.8. The summed E-state index contributed by atoms with van der Waals surface area (Å²) in [5, 5.41) is 72.8.